The molecule has 2 aromatic carbocycles. The number of carbonyl (C=O) groups is 2. The van der Waals surface area contributed by atoms with Gasteiger partial charge < -0.3 is 26.2 Å². The first-order valence-electron chi connectivity index (χ1n) is 12.7. The monoisotopic (exact) mass is 544 g/mol. The van der Waals surface area contributed by atoms with E-state index in [1.807, 2.05) is 30.3 Å². The van der Waals surface area contributed by atoms with Crippen LogP contribution in [-0.4, -0.2) is 66.5 Å². The Bertz CT molecular complexity index is 1020. The summed E-state index contributed by atoms with van der Waals surface area (Å²) >= 11 is 0. The molecule has 6 rings (SSSR count). The Morgan fingerprint density at radius 1 is 0.971 bits per heavy atom. The molecule has 5 nitrogen and oxygen atoms in total. The van der Waals surface area contributed by atoms with Crippen LogP contribution in [0.3, 0.4) is 0 Å². The largest absolute Gasteiger partial charge is 1.00 e. The smallest absolute Gasteiger partial charge is 0.328 e. The zero-order valence-corrected chi connectivity index (χ0v) is 21.7. The van der Waals surface area contributed by atoms with E-state index in [9.17, 15) is 14.0 Å². The quantitative estimate of drug-likeness (QED) is 0.300. The second-order valence-electron chi connectivity index (χ2n) is 10.3. The molecule has 4 saturated heterocycles. The normalized spacial score (nSPS) is 27.0. The summed E-state index contributed by atoms with van der Waals surface area (Å²) < 4.78 is 21.0. The number of esters is 1. The molecular formula is C28H34BrFN2O3. The van der Waals surface area contributed by atoms with Crippen LogP contribution in [0, 0.1) is 11.7 Å². The highest BCUT2D eigenvalue weighted by Gasteiger charge is 2.49. The number of Topliss-reactive ketones (excluding diaryl/α,β-unsaturated/α-hetero) is 1. The maximum Gasteiger partial charge on any atom is 0.328 e. The molecule has 1 unspecified atom stereocenters. The molecule has 35 heavy (non-hydrogen) atoms. The molecule has 0 N–H and O–H groups in total. The van der Waals surface area contributed by atoms with Crippen LogP contribution in [0.25, 0.3) is 0 Å². The van der Waals surface area contributed by atoms with Gasteiger partial charge >= 0.3 is 5.97 Å². The SMILES string of the molecule is O=C(C[N+]12CCC(CC1)[C@@H](OC(=O)C(c1ccccc1)N1CCCCC1)C2)c1ccccc1F.[Br-]. The number of hydrogen-bond acceptors (Lipinski definition) is 4. The lowest BCUT2D eigenvalue weighted by atomic mass is 9.82. The summed E-state index contributed by atoms with van der Waals surface area (Å²) in [5, 5.41) is 0. The Morgan fingerprint density at radius 3 is 2.31 bits per heavy atom. The van der Waals surface area contributed by atoms with Crippen molar-refractivity contribution in [1.29, 1.82) is 0 Å². The Labute approximate surface area is 217 Å². The van der Waals surface area contributed by atoms with Crippen molar-refractivity contribution in [3.63, 3.8) is 0 Å². The van der Waals surface area contributed by atoms with Crippen molar-refractivity contribution in [2.24, 2.45) is 5.92 Å². The number of nitrogens with zero attached hydrogens (tertiary/aromatic N) is 2. The number of carbonyl (C=O) groups excluding carboxylic acids is 2. The third kappa shape index (κ3) is 5.68. The van der Waals surface area contributed by atoms with Crippen LogP contribution >= 0.6 is 0 Å². The van der Waals surface area contributed by atoms with E-state index in [4.69, 9.17) is 4.74 Å². The van der Waals surface area contributed by atoms with Crippen LogP contribution in [0.4, 0.5) is 4.39 Å². The fourth-order valence-corrected chi connectivity index (χ4v) is 6.18. The third-order valence-electron chi connectivity index (χ3n) is 8.06. The van der Waals surface area contributed by atoms with Crippen LogP contribution in [0.5, 0.6) is 0 Å². The predicted molar refractivity (Wildman–Crippen MR) is 128 cm³/mol. The summed E-state index contributed by atoms with van der Waals surface area (Å²) in [7, 11) is 0. The molecule has 0 radical (unpaired) electrons. The average molecular weight is 545 g/mol. The molecule has 0 amide bonds. The van der Waals surface area contributed by atoms with E-state index in [0.717, 1.165) is 57.4 Å². The van der Waals surface area contributed by atoms with E-state index in [1.165, 1.54) is 12.5 Å². The number of likely N-dealkylation sites (tertiary alicyclic amines) is 1. The van der Waals surface area contributed by atoms with Crippen LogP contribution in [0.2, 0.25) is 0 Å². The van der Waals surface area contributed by atoms with Crippen molar-refractivity contribution in [2.45, 2.75) is 44.2 Å². The molecule has 4 heterocycles. The van der Waals surface area contributed by atoms with Crippen molar-refractivity contribution in [3.05, 3.63) is 71.5 Å². The minimum Gasteiger partial charge on any atom is -1.00 e. The van der Waals surface area contributed by atoms with Gasteiger partial charge in [-0.1, -0.05) is 48.9 Å². The summed E-state index contributed by atoms with van der Waals surface area (Å²) in [6, 6.07) is 15.8. The highest BCUT2D eigenvalue weighted by molar-refractivity contribution is 5.97. The highest BCUT2D eigenvalue weighted by atomic mass is 79.9. The van der Waals surface area contributed by atoms with Gasteiger partial charge in [0.15, 0.2) is 6.10 Å². The number of ether oxygens (including phenoxy) is 1. The van der Waals surface area contributed by atoms with Crippen LogP contribution in [-0.2, 0) is 9.53 Å². The maximum atomic E-state index is 14.2. The maximum absolute atomic E-state index is 14.2. The molecule has 0 aliphatic carbocycles. The lowest BCUT2D eigenvalue weighted by molar-refractivity contribution is -0.938. The summed E-state index contributed by atoms with van der Waals surface area (Å²) in [6.45, 7) is 4.47. The van der Waals surface area contributed by atoms with Gasteiger partial charge in [0.05, 0.1) is 18.7 Å². The van der Waals surface area contributed by atoms with Crippen molar-refractivity contribution in [3.8, 4) is 0 Å². The van der Waals surface area contributed by atoms with Crippen molar-refractivity contribution >= 4 is 11.8 Å². The first-order valence-corrected chi connectivity index (χ1v) is 12.7. The molecule has 4 aliphatic rings. The van der Waals surface area contributed by atoms with Gasteiger partial charge in [-0.25, -0.2) is 9.18 Å². The Morgan fingerprint density at radius 2 is 1.63 bits per heavy atom. The number of piperidine rings is 4. The number of rotatable bonds is 7. The molecule has 7 heteroatoms. The highest BCUT2D eigenvalue weighted by Crippen LogP contribution is 2.37. The zero-order valence-electron chi connectivity index (χ0n) is 20.1. The molecule has 0 aromatic heterocycles. The first-order chi connectivity index (χ1) is 16.5. The Balaban J connectivity index is 0.00000289. The lowest BCUT2D eigenvalue weighted by Crippen LogP contribution is -3.00. The summed E-state index contributed by atoms with van der Waals surface area (Å²) in [4.78, 5) is 28.8. The number of fused-ring (bicyclic) bond motifs is 3. The molecule has 2 atom stereocenters. The molecule has 0 saturated carbocycles. The van der Waals surface area contributed by atoms with Gasteiger partial charge in [0.1, 0.15) is 24.9 Å². The van der Waals surface area contributed by atoms with Crippen molar-refractivity contribution in [2.75, 3.05) is 39.3 Å². The Kier molecular flexibility index (Phi) is 8.40. The number of halogens is 2. The van der Waals surface area contributed by atoms with Gasteiger partial charge in [-0.15, -0.1) is 0 Å². The van der Waals surface area contributed by atoms with E-state index in [2.05, 4.69) is 4.90 Å². The van der Waals surface area contributed by atoms with E-state index in [1.54, 1.807) is 18.2 Å². The minimum absolute atomic E-state index is 0. The van der Waals surface area contributed by atoms with Crippen molar-refractivity contribution in [1.82, 2.24) is 4.90 Å². The van der Waals surface area contributed by atoms with Gasteiger partial charge in [-0.3, -0.25) is 9.69 Å². The molecule has 4 aliphatic heterocycles. The number of benzene rings is 2. The molecule has 0 spiro atoms. The molecule has 2 bridgehead atoms. The topological polar surface area (TPSA) is 46.6 Å². The van der Waals surface area contributed by atoms with Gasteiger partial charge in [0.25, 0.3) is 0 Å². The minimum atomic E-state index is -0.465. The van der Waals surface area contributed by atoms with E-state index in [-0.39, 0.29) is 53.0 Å². The summed E-state index contributed by atoms with van der Waals surface area (Å²) in [6.07, 6.45) is 5.07. The van der Waals surface area contributed by atoms with E-state index < -0.39 is 5.82 Å². The first kappa shape index (κ1) is 26.0. The third-order valence-corrected chi connectivity index (χ3v) is 8.06. The van der Waals surface area contributed by atoms with Gasteiger partial charge in [-0.05, 0) is 43.6 Å². The number of hydrogen-bond donors (Lipinski definition) is 0. The van der Waals surface area contributed by atoms with Gasteiger partial charge in [-0.2, -0.15) is 0 Å². The molecule has 188 valence electrons. The number of ketones is 1. The predicted octanol–water partition coefficient (Wildman–Crippen LogP) is 1.39. The summed E-state index contributed by atoms with van der Waals surface area (Å²) in [5.41, 5.74) is 1.14. The standard InChI is InChI=1S/C28H34FN2O3.BrH/c29-24-12-6-5-11-23(24)25(32)19-31-17-13-21(14-18-31)26(20-31)34-28(33)27(22-9-3-1-4-10-22)30-15-7-2-8-16-30;/h1,3-6,9-12,21,26-27H,2,7-8,13-20H2;1H/q+1;/p-1/t21?,26-,27?,31?;/m0./s1. The van der Waals surface area contributed by atoms with Gasteiger partial charge in [0, 0.05) is 18.8 Å². The summed E-state index contributed by atoms with van der Waals surface area (Å²) in [5.74, 6) is -0.470. The van der Waals surface area contributed by atoms with E-state index >= 15 is 0 Å². The van der Waals surface area contributed by atoms with E-state index in [0.29, 0.717) is 16.9 Å². The molecule has 4 fully saturated rings. The number of quaternary nitrogens is 1. The zero-order chi connectivity index (χ0) is 23.5. The molecule has 2 aromatic rings. The second kappa shape index (κ2) is 11.3. The molecular weight excluding hydrogens is 511 g/mol. The fraction of sp³-hybridized carbons (Fsp3) is 0.500. The Hall–Kier alpha value is -2.09. The van der Waals surface area contributed by atoms with Crippen LogP contribution in [0.1, 0.15) is 54.1 Å². The lowest BCUT2D eigenvalue weighted by Gasteiger charge is -2.51. The van der Waals surface area contributed by atoms with Crippen LogP contribution < -0.4 is 17.0 Å². The fourth-order valence-electron chi connectivity index (χ4n) is 6.18. The van der Waals surface area contributed by atoms with Crippen LogP contribution in [0.15, 0.2) is 54.6 Å². The average Bonchev–Trinajstić information content (AvgIpc) is 2.86. The van der Waals surface area contributed by atoms with Crippen molar-refractivity contribution < 1.29 is 40.2 Å². The second-order valence-corrected chi connectivity index (χ2v) is 10.3. The van der Waals surface area contributed by atoms with Gasteiger partial charge in [0.2, 0.25) is 5.78 Å².